The number of aliphatic hydroxyl groups is 1. The third-order valence-electron chi connectivity index (χ3n) is 2.61. The highest BCUT2D eigenvalue weighted by molar-refractivity contribution is 6.31. The van der Waals surface area contributed by atoms with E-state index in [1.165, 1.54) is 0 Å². The van der Waals surface area contributed by atoms with E-state index in [4.69, 9.17) is 17.3 Å². The molecule has 0 aliphatic heterocycles. The number of aromatic nitrogens is 3. The fourth-order valence-corrected chi connectivity index (χ4v) is 1.97. The minimum absolute atomic E-state index is 0.321. The summed E-state index contributed by atoms with van der Waals surface area (Å²) in [7, 11) is 0. The normalized spacial score (nSPS) is 12.6. The summed E-state index contributed by atoms with van der Waals surface area (Å²) in [4.78, 5) is 0. The van der Waals surface area contributed by atoms with Crippen LogP contribution in [0.15, 0.2) is 30.5 Å². The lowest BCUT2D eigenvalue weighted by Crippen LogP contribution is -2.09. The number of benzene rings is 1. The van der Waals surface area contributed by atoms with Crippen LogP contribution in [0.2, 0.25) is 5.02 Å². The second kappa shape index (κ2) is 5.95. The van der Waals surface area contributed by atoms with E-state index in [9.17, 15) is 5.11 Å². The zero-order chi connectivity index (χ0) is 13.0. The van der Waals surface area contributed by atoms with Crippen LogP contribution in [0.4, 0.5) is 0 Å². The Morgan fingerprint density at radius 2 is 2.17 bits per heavy atom. The Balaban J connectivity index is 2.06. The third kappa shape index (κ3) is 3.07. The van der Waals surface area contributed by atoms with Crippen molar-refractivity contribution < 1.29 is 5.11 Å². The minimum Gasteiger partial charge on any atom is -0.386 e. The van der Waals surface area contributed by atoms with Crippen molar-refractivity contribution in [1.29, 1.82) is 0 Å². The maximum Gasteiger partial charge on any atom is 0.100 e. The molecule has 1 atom stereocenters. The molecule has 0 fully saturated rings. The van der Waals surface area contributed by atoms with Gasteiger partial charge in [0.05, 0.1) is 12.2 Å². The molecule has 96 valence electrons. The van der Waals surface area contributed by atoms with Crippen molar-refractivity contribution in [3.8, 4) is 0 Å². The second-order valence-electron chi connectivity index (χ2n) is 4.01. The van der Waals surface area contributed by atoms with Crippen LogP contribution in [-0.4, -0.2) is 26.6 Å². The molecule has 0 spiro atoms. The van der Waals surface area contributed by atoms with Crippen LogP contribution >= 0.6 is 11.6 Å². The Kier molecular flexibility index (Phi) is 4.30. The monoisotopic (exact) mass is 266 g/mol. The van der Waals surface area contributed by atoms with Gasteiger partial charge in [-0.2, -0.15) is 0 Å². The quantitative estimate of drug-likeness (QED) is 0.852. The first kappa shape index (κ1) is 13.0. The SMILES string of the molecule is NCCc1cn(C[C@H](O)c2ccccc2Cl)nn1. The first-order valence-electron chi connectivity index (χ1n) is 5.72. The first-order valence-corrected chi connectivity index (χ1v) is 6.10. The summed E-state index contributed by atoms with van der Waals surface area (Å²) in [6.45, 7) is 0.854. The van der Waals surface area contributed by atoms with E-state index in [2.05, 4.69) is 10.3 Å². The van der Waals surface area contributed by atoms with Gasteiger partial charge in [0, 0.05) is 23.2 Å². The summed E-state index contributed by atoms with van der Waals surface area (Å²) in [6, 6.07) is 7.21. The summed E-state index contributed by atoms with van der Waals surface area (Å²) in [5, 5.41) is 18.5. The molecular weight excluding hydrogens is 252 g/mol. The van der Waals surface area contributed by atoms with Crippen molar-refractivity contribution in [2.24, 2.45) is 5.73 Å². The van der Waals surface area contributed by atoms with E-state index in [1.54, 1.807) is 23.0 Å². The molecule has 2 aromatic rings. The molecule has 18 heavy (non-hydrogen) atoms. The van der Waals surface area contributed by atoms with Crippen LogP contribution in [0.5, 0.6) is 0 Å². The van der Waals surface area contributed by atoms with Gasteiger partial charge in [0.25, 0.3) is 0 Å². The number of halogens is 1. The Morgan fingerprint density at radius 3 is 2.89 bits per heavy atom. The second-order valence-corrected chi connectivity index (χ2v) is 4.42. The van der Waals surface area contributed by atoms with E-state index >= 15 is 0 Å². The summed E-state index contributed by atoms with van der Waals surface area (Å²) < 4.78 is 1.60. The average Bonchev–Trinajstić information content (AvgIpc) is 2.77. The van der Waals surface area contributed by atoms with E-state index in [1.807, 2.05) is 12.1 Å². The number of hydrogen-bond acceptors (Lipinski definition) is 4. The molecule has 0 radical (unpaired) electrons. The van der Waals surface area contributed by atoms with E-state index in [0.29, 0.717) is 30.1 Å². The molecule has 3 N–H and O–H groups in total. The Labute approximate surface area is 110 Å². The maximum absolute atomic E-state index is 10.1. The number of aliphatic hydroxyl groups excluding tert-OH is 1. The van der Waals surface area contributed by atoms with Crippen molar-refractivity contribution >= 4 is 11.6 Å². The predicted molar refractivity (Wildman–Crippen MR) is 69.2 cm³/mol. The fourth-order valence-electron chi connectivity index (χ4n) is 1.71. The van der Waals surface area contributed by atoms with Gasteiger partial charge in [0.1, 0.15) is 6.10 Å². The molecule has 6 heteroatoms. The molecule has 0 unspecified atom stereocenters. The van der Waals surface area contributed by atoms with Crippen LogP contribution < -0.4 is 5.73 Å². The van der Waals surface area contributed by atoms with Crippen molar-refractivity contribution in [2.75, 3.05) is 6.54 Å². The van der Waals surface area contributed by atoms with E-state index in [0.717, 1.165) is 5.69 Å². The van der Waals surface area contributed by atoms with E-state index in [-0.39, 0.29) is 0 Å². The molecule has 1 heterocycles. The highest BCUT2D eigenvalue weighted by Crippen LogP contribution is 2.23. The van der Waals surface area contributed by atoms with Crippen molar-refractivity contribution in [2.45, 2.75) is 19.1 Å². The molecule has 0 bridgehead atoms. The zero-order valence-electron chi connectivity index (χ0n) is 9.83. The zero-order valence-corrected chi connectivity index (χ0v) is 10.6. The van der Waals surface area contributed by atoms with Crippen LogP contribution in [0.3, 0.4) is 0 Å². The average molecular weight is 267 g/mol. The van der Waals surface area contributed by atoms with Crippen LogP contribution in [0.1, 0.15) is 17.4 Å². The molecule has 5 nitrogen and oxygen atoms in total. The van der Waals surface area contributed by atoms with Gasteiger partial charge in [-0.1, -0.05) is 35.0 Å². The molecule has 0 saturated heterocycles. The molecule has 0 amide bonds. The maximum atomic E-state index is 10.1. The summed E-state index contributed by atoms with van der Waals surface area (Å²) >= 11 is 6.02. The smallest absolute Gasteiger partial charge is 0.100 e. The summed E-state index contributed by atoms with van der Waals surface area (Å²) in [5.41, 5.74) is 6.95. The van der Waals surface area contributed by atoms with Crippen LogP contribution in [-0.2, 0) is 13.0 Å². The lowest BCUT2D eigenvalue weighted by Gasteiger charge is -2.11. The third-order valence-corrected chi connectivity index (χ3v) is 2.95. The fraction of sp³-hybridized carbons (Fsp3) is 0.333. The molecule has 1 aromatic carbocycles. The lowest BCUT2D eigenvalue weighted by molar-refractivity contribution is 0.150. The standard InChI is InChI=1S/C12H15ClN4O/c13-11-4-2-1-3-10(11)12(18)8-17-7-9(5-6-14)15-16-17/h1-4,7,12,18H,5-6,8,14H2/t12-/m0/s1. The lowest BCUT2D eigenvalue weighted by atomic mass is 10.1. The largest absolute Gasteiger partial charge is 0.386 e. The van der Waals surface area contributed by atoms with Crippen LogP contribution in [0, 0.1) is 0 Å². The summed E-state index contributed by atoms with van der Waals surface area (Å²) in [6.07, 6.45) is 1.76. The van der Waals surface area contributed by atoms with Crippen molar-refractivity contribution in [3.05, 3.63) is 46.7 Å². The number of nitrogens with zero attached hydrogens (tertiary/aromatic N) is 3. The number of nitrogens with two attached hydrogens (primary N) is 1. The highest BCUT2D eigenvalue weighted by Gasteiger charge is 2.12. The molecule has 0 saturated carbocycles. The van der Waals surface area contributed by atoms with Gasteiger partial charge in [0.2, 0.25) is 0 Å². The van der Waals surface area contributed by atoms with Crippen LogP contribution in [0.25, 0.3) is 0 Å². The number of hydrogen-bond donors (Lipinski definition) is 2. The van der Waals surface area contributed by atoms with Gasteiger partial charge in [0.15, 0.2) is 0 Å². The summed E-state index contributed by atoms with van der Waals surface area (Å²) in [5.74, 6) is 0. The topological polar surface area (TPSA) is 77.0 Å². The molecule has 0 aliphatic rings. The molecule has 1 aromatic heterocycles. The van der Waals surface area contributed by atoms with Crippen molar-refractivity contribution in [1.82, 2.24) is 15.0 Å². The molecule has 2 rings (SSSR count). The van der Waals surface area contributed by atoms with Gasteiger partial charge in [-0.15, -0.1) is 5.10 Å². The Hall–Kier alpha value is -1.43. The van der Waals surface area contributed by atoms with Gasteiger partial charge in [-0.25, -0.2) is 4.68 Å². The van der Waals surface area contributed by atoms with Gasteiger partial charge < -0.3 is 10.8 Å². The number of rotatable bonds is 5. The first-order chi connectivity index (χ1) is 8.70. The minimum atomic E-state index is -0.703. The Bertz CT molecular complexity index is 514. The highest BCUT2D eigenvalue weighted by atomic mass is 35.5. The van der Waals surface area contributed by atoms with Gasteiger partial charge in [-0.3, -0.25) is 0 Å². The van der Waals surface area contributed by atoms with E-state index < -0.39 is 6.10 Å². The van der Waals surface area contributed by atoms with Crippen molar-refractivity contribution in [3.63, 3.8) is 0 Å². The predicted octanol–water partition coefficient (Wildman–Crippen LogP) is 1.17. The Morgan fingerprint density at radius 1 is 1.39 bits per heavy atom. The van der Waals surface area contributed by atoms with Gasteiger partial charge in [-0.05, 0) is 12.6 Å². The van der Waals surface area contributed by atoms with Gasteiger partial charge >= 0.3 is 0 Å². The molecule has 0 aliphatic carbocycles. The molecular formula is C12H15ClN4O.